The van der Waals surface area contributed by atoms with Gasteiger partial charge in [-0.15, -0.1) is 0 Å². The zero-order valence-corrected chi connectivity index (χ0v) is 12.2. The van der Waals surface area contributed by atoms with E-state index in [2.05, 4.69) is 5.32 Å². The highest BCUT2D eigenvalue weighted by atomic mass is 19.4. The van der Waals surface area contributed by atoms with Gasteiger partial charge in [0.1, 0.15) is 6.04 Å². The number of aryl methyl sites for hydroxylation is 1. The van der Waals surface area contributed by atoms with Gasteiger partial charge >= 0.3 is 6.18 Å². The molecule has 0 saturated carbocycles. The van der Waals surface area contributed by atoms with E-state index in [-0.39, 0.29) is 24.9 Å². The second kappa shape index (κ2) is 5.07. The van der Waals surface area contributed by atoms with Gasteiger partial charge in [0.05, 0.1) is 5.56 Å². The van der Waals surface area contributed by atoms with E-state index in [1.807, 2.05) is 0 Å². The van der Waals surface area contributed by atoms with Gasteiger partial charge in [0.15, 0.2) is 0 Å². The second-order valence-corrected chi connectivity index (χ2v) is 5.72. The van der Waals surface area contributed by atoms with Crippen LogP contribution in [0.4, 0.5) is 13.2 Å². The number of amides is 3. The molecular weight excluding hydrogens is 313 g/mol. The zero-order chi connectivity index (χ0) is 16.9. The number of nitrogens with zero attached hydrogens (tertiary/aromatic N) is 1. The number of carbonyl (C=O) groups is 3. The number of imide groups is 1. The predicted molar refractivity (Wildman–Crippen MR) is 72.2 cm³/mol. The van der Waals surface area contributed by atoms with Crippen LogP contribution in [0.1, 0.15) is 39.9 Å². The average Bonchev–Trinajstić information content (AvgIpc) is 2.76. The maximum absolute atomic E-state index is 12.9. The molecule has 3 amide bonds. The Morgan fingerprint density at radius 3 is 2.52 bits per heavy atom. The lowest BCUT2D eigenvalue weighted by atomic mass is 10.0. The fourth-order valence-electron chi connectivity index (χ4n) is 3.01. The normalized spacial score (nSPS) is 21.5. The second-order valence-electron chi connectivity index (χ2n) is 5.72. The molecule has 8 heteroatoms. The molecule has 1 unspecified atom stereocenters. The third-order valence-corrected chi connectivity index (χ3v) is 4.21. The van der Waals surface area contributed by atoms with Crippen LogP contribution in [-0.4, -0.2) is 28.7 Å². The monoisotopic (exact) mass is 326 g/mol. The van der Waals surface area contributed by atoms with Crippen LogP contribution in [0.3, 0.4) is 0 Å². The van der Waals surface area contributed by atoms with Crippen molar-refractivity contribution in [1.29, 1.82) is 0 Å². The van der Waals surface area contributed by atoms with Gasteiger partial charge in [0.25, 0.3) is 5.91 Å². The predicted octanol–water partition coefficient (Wildman–Crippen LogP) is 1.77. The highest BCUT2D eigenvalue weighted by Crippen LogP contribution is 2.36. The fourth-order valence-corrected chi connectivity index (χ4v) is 3.01. The topological polar surface area (TPSA) is 66.5 Å². The van der Waals surface area contributed by atoms with Gasteiger partial charge in [0, 0.05) is 18.5 Å². The summed E-state index contributed by atoms with van der Waals surface area (Å²) in [6, 6.07) is 0.998. The van der Waals surface area contributed by atoms with E-state index in [1.165, 1.54) is 11.8 Å². The van der Waals surface area contributed by atoms with Crippen LogP contribution in [-0.2, 0) is 22.3 Å². The molecule has 2 aliphatic rings. The molecule has 1 aromatic rings. The molecule has 1 fully saturated rings. The lowest BCUT2D eigenvalue weighted by Crippen LogP contribution is -2.52. The summed E-state index contributed by atoms with van der Waals surface area (Å²) in [5.41, 5.74) is -0.0556. The lowest BCUT2D eigenvalue weighted by Gasteiger charge is -2.29. The zero-order valence-electron chi connectivity index (χ0n) is 12.2. The van der Waals surface area contributed by atoms with E-state index in [9.17, 15) is 27.6 Å². The highest BCUT2D eigenvalue weighted by Gasteiger charge is 2.41. The van der Waals surface area contributed by atoms with E-state index in [1.54, 1.807) is 0 Å². The molecule has 1 N–H and O–H groups in total. The van der Waals surface area contributed by atoms with Gasteiger partial charge in [-0.2, -0.15) is 13.2 Å². The van der Waals surface area contributed by atoms with Crippen molar-refractivity contribution in [2.24, 2.45) is 0 Å². The van der Waals surface area contributed by atoms with Crippen molar-refractivity contribution in [2.75, 3.05) is 0 Å². The van der Waals surface area contributed by atoms with Crippen LogP contribution in [0.25, 0.3) is 0 Å². The Morgan fingerprint density at radius 1 is 1.22 bits per heavy atom. The number of benzene rings is 1. The van der Waals surface area contributed by atoms with Gasteiger partial charge in [-0.1, -0.05) is 0 Å². The molecule has 2 heterocycles. The Balaban J connectivity index is 1.95. The van der Waals surface area contributed by atoms with Crippen LogP contribution < -0.4 is 5.32 Å². The highest BCUT2D eigenvalue weighted by molar-refractivity contribution is 6.05. The van der Waals surface area contributed by atoms with Crippen LogP contribution in [0.5, 0.6) is 0 Å². The first kappa shape index (κ1) is 15.5. The maximum Gasteiger partial charge on any atom is 0.416 e. The van der Waals surface area contributed by atoms with Crippen LogP contribution in [0, 0.1) is 6.92 Å². The van der Waals surface area contributed by atoms with Gasteiger partial charge in [-0.05, 0) is 36.6 Å². The minimum Gasteiger partial charge on any atom is -0.322 e. The molecule has 122 valence electrons. The summed E-state index contributed by atoms with van der Waals surface area (Å²) in [4.78, 5) is 36.8. The Labute approximate surface area is 129 Å². The van der Waals surface area contributed by atoms with Crippen LogP contribution in [0.2, 0.25) is 0 Å². The number of nitrogens with one attached hydrogen (secondary N) is 1. The molecular formula is C15H13F3N2O3. The van der Waals surface area contributed by atoms with E-state index in [0.29, 0.717) is 11.1 Å². The number of hydrogen-bond acceptors (Lipinski definition) is 3. The molecule has 1 aromatic carbocycles. The molecule has 23 heavy (non-hydrogen) atoms. The van der Waals surface area contributed by atoms with Crippen molar-refractivity contribution >= 4 is 17.7 Å². The molecule has 0 bridgehead atoms. The number of carbonyl (C=O) groups excluding carboxylic acids is 3. The summed E-state index contributed by atoms with van der Waals surface area (Å²) in [6.45, 7) is 1.58. The van der Waals surface area contributed by atoms with E-state index in [0.717, 1.165) is 12.1 Å². The number of hydrogen-bond donors (Lipinski definition) is 1. The van der Waals surface area contributed by atoms with Crippen LogP contribution in [0.15, 0.2) is 12.1 Å². The third kappa shape index (κ3) is 2.58. The first-order valence-corrected chi connectivity index (χ1v) is 7.04. The van der Waals surface area contributed by atoms with Gasteiger partial charge < -0.3 is 4.90 Å². The number of alkyl halides is 3. The Bertz CT molecular complexity index is 727. The maximum atomic E-state index is 12.9. The summed E-state index contributed by atoms with van der Waals surface area (Å²) in [5, 5.41) is 2.15. The fraction of sp³-hybridized carbons (Fsp3) is 0.400. The van der Waals surface area contributed by atoms with E-state index in [4.69, 9.17) is 0 Å². The van der Waals surface area contributed by atoms with Gasteiger partial charge in [0.2, 0.25) is 11.8 Å². The molecule has 0 aliphatic carbocycles. The van der Waals surface area contributed by atoms with Crippen molar-refractivity contribution in [2.45, 2.75) is 38.5 Å². The molecule has 1 saturated heterocycles. The summed E-state index contributed by atoms with van der Waals surface area (Å²) in [7, 11) is 0. The molecule has 3 rings (SSSR count). The smallest absolute Gasteiger partial charge is 0.322 e. The first-order chi connectivity index (χ1) is 10.7. The summed E-state index contributed by atoms with van der Waals surface area (Å²) < 4.78 is 38.7. The summed E-state index contributed by atoms with van der Waals surface area (Å²) in [5.74, 6) is -1.61. The quantitative estimate of drug-likeness (QED) is 0.800. The standard InChI is InChI=1S/C15H13F3N2O3/c1-7-4-8(15(16,17)18)5-9-10(7)6-20(14(9)23)11-2-3-12(21)19-13(11)22/h4-5,11H,2-3,6H2,1H3,(H,19,21,22). The molecule has 5 nitrogen and oxygen atoms in total. The minimum atomic E-state index is -4.54. The third-order valence-electron chi connectivity index (χ3n) is 4.21. The summed E-state index contributed by atoms with van der Waals surface area (Å²) >= 11 is 0. The Kier molecular flexibility index (Phi) is 3.42. The molecule has 0 radical (unpaired) electrons. The van der Waals surface area contributed by atoms with Crippen molar-refractivity contribution in [3.63, 3.8) is 0 Å². The molecule has 1 atom stereocenters. The molecule has 0 aromatic heterocycles. The largest absolute Gasteiger partial charge is 0.416 e. The Hall–Kier alpha value is -2.38. The van der Waals surface area contributed by atoms with Crippen molar-refractivity contribution in [1.82, 2.24) is 10.2 Å². The SMILES string of the molecule is Cc1cc(C(F)(F)F)cc2c1CN(C1CCC(=O)NC1=O)C2=O. The van der Waals surface area contributed by atoms with Crippen molar-refractivity contribution in [3.8, 4) is 0 Å². The minimum absolute atomic E-state index is 0.0259. The summed E-state index contributed by atoms with van der Waals surface area (Å²) in [6.07, 6.45) is -4.26. The average molecular weight is 326 g/mol. The molecule has 0 spiro atoms. The van der Waals surface area contributed by atoms with Gasteiger partial charge in [-0.25, -0.2) is 0 Å². The van der Waals surface area contributed by atoms with Gasteiger partial charge in [-0.3, -0.25) is 19.7 Å². The number of halogens is 3. The number of rotatable bonds is 1. The van der Waals surface area contributed by atoms with E-state index >= 15 is 0 Å². The first-order valence-electron chi connectivity index (χ1n) is 7.04. The van der Waals surface area contributed by atoms with Crippen molar-refractivity contribution in [3.05, 3.63) is 34.4 Å². The number of piperidine rings is 1. The van der Waals surface area contributed by atoms with Crippen LogP contribution >= 0.6 is 0 Å². The molecule has 2 aliphatic heterocycles. The number of fused-ring (bicyclic) bond motifs is 1. The van der Waals surface area contributed by atoms with E-state index < -0.39 is 35.5 Å². The lowest BCUT2D eigenvalue weighted by molar-refractivity contribution is -0.138. The Morgan fingerprint density at radius 2 is 1.91 bits per heavy atom. The van der Waals surface area contributed by atoms with Crippen molar-refractivity contribution < 1.29 is 27.6 Å².